The minimum atomic E-state index is -4.77. The average molecular weight is 225 g/mol. The molecule has 0 radical (unpaired) electrons. The Bertz CT molecular complexity index is 353. The lowest BCUT2D eigenvalue weighted by Gasteiger charge is -2.08. The number of aromatic nitrogens is 1. The molecule has 0 atom stereocenters. The molecule has 0 aliphatic rings. The van der Waals surface area contributed by atoms with Crippen molar-refractivity contribution in [2.24, 2.45) is 0 Å². The molecule has 0 aliphatic heterocycles. The van der Waals surface area contributed by atoms with Crippen molar-refractivity contribution in [1.29, 1.82) is 0 Å². The molecular formula is C7H4ClF3N2O. The molecule has 1 N–H and O–H groups in total. The number of nitrogens with one attached hydrogen (secondary N) is 1. The average Bonchev–Trinajstić information content (AvgIpc) is 2.01. The number of halogens is 4. The second-order valence-electron chi connectivity index (χ2n) is 2.29. The molecule has 0 saturated heterocycles. The van der Waals surface area contributed by atoms with E-state index in [-0.39, 0.29) is 10.7 Å². The maximum atomic E-state index is 11.7. The number of amides is 1. The highest BCUT2D eigenvalue weighted by Crippen LogP contribution is 2.15. The van der Waals surface area contributed by atoms with E-state index >= 15 is 0 Å². The fourth-order valence-corrected chi connectivity index (χ4v) is 0.957. The summed E-state index contributed by atoms with van der Waals surface area (Å²) in [6.07, 6.45) is -3.50. The Morgan fingerprint density at radius 2 is 2.14 bits per heavy atom. The predicted octanol–water partition coefficient (Wildman–Crippen LogP) is 1.98. The van der Waals surface area contributed by atoms with Crippen LogP contribution in [0.2, 0.25) is 5.15 Å². The Morgan fingerprint density at radius 1 is 1.50 bits per heavy atom. The van der Waals surface area contributed by atoms with Crippen molar-refractivity contribution < 1.29 is 18.0 Å². The monoisotopic (exact) mass is 224 g/mol. The number of hydrogen-bond donors (Lipinski definition) is 1. The maximum Gasteiger partial charge on any atom is 0.484 e. The van der Waals surface area contributed by atoms with E-state index in [0.717, 1.165) is 11.4 Å². The van der Waals surface area contributed by atoms with E-state index in [2.05, 4.69) is 4.98 Å². The lowest BCUT2D eigenvalue weighted by atomic mass is 10.3. The van der Waals surface area contributed by atoms with Gasteiger partial charge in [0.2, 0.25) is 0 Å². The van der Waals surface area contributed by atoms with Crippen LogP contribution in [-0.2, 0) is 0 Å². The third kappa shape index (κ3) is 2.88. The summed E-state index contributed by atoms with van der Waals surface area (Å²) in [6, 6.07) is 2.47. The predicted molar refractivity (Wildman–Crippen MR) is 42.8 cm³/mol. The summed E-state index contributed by atoms with van der Waals surface area (Å²) in [6.45, 7) is 0. The van der Waals surface area contributed by atoms with Crippen LogP contribution in [0.3, 0.4) is 0 Å². The summed E-state index contributed by atoms with van der Waals surface area (Å²) in [5.41, 5.74) is -0.313. The highest BCUT2D eigenvalue weighted by molar-refractivity contribution is 6.32. The van der Waals surface area contributed by atoms with Gasteiger partial charge < -0.3 is 0 Å². The molecule has 0 fully saturated rings. The van der Waals surface area contributed by atoms with Gasteiger partial charge in [0, 0.05) is 6.20 Å². The molecule has 14 heavy (non-hydrogen) atoms. The molecule has 0 aliphatic carbocycles. The first-order chi connectivity index (χ1) is 6.40. The molecule has 1 aromatic rings. The van der Waals surface area contributed by atoms with Crippen LogP contribution in [0.15, 0.2) is 18.3 Å². The second-order valence-corrected chi connectivity index (χ2v) is 2.65. The Morgan fingerprint density at radius 3 is 2.64 bits per heavy atom. The first-order valence-corrected chi connectivity index (χ1v) is 3.78. The van der Waals surface area contributed by atoms with Crippen LogP contribution < -0.4 is 5.32 Å². The lowest BCUT2D eigenvalue weighted by molar-refractivity contribution is -0.146. The highest BCUT2D eigenvalue weighted by Gasteiger charge is 2.31. The van der Waals surface area contributed by atoms with Crippen molar-refractivity contribution in [2.45, 2.75) is 6.30 Å². The molecule has 1 heterocycles. The molecule has 0 spiro atoms. The fraction of sp³-hybridized carbons (Fsp3) is 0.143. The van der Waals surface area contributed by atoms with Gasteiger partial charge in [-0.3, -0.25) is 10.1 Å². The van der Waals surface area contributed by atoms with Gasteiger partial charge in [-0.05, 0) is 12.1 Å². The number of carbonyl (C=O) groups is 1. The van der Waals surface area contributed by atoms with Crippen molar-refractivity contribution in [3.05, 3.63) is 29.0 Å². The minimum Gasteiger partial charge on any atom is -0.269 e. The van der Waals surface area contributed by atoms with Gasteiger partial charge in [-0.2, -0.15) is 13.2 Å². The second kappa shape index (κ2) is 3.83. The summed E-state index contributed by atoms with van der Waals surface area (Å²) in [5.74, 6) is -1.32. The normalized spacial score (nSPS) is 11.1. The van der Waals surface area contributed by atoms with Crippen LogP contribution in [0, 0.1) is 0 Å². The van der Waals surface area contributed by atoms with Crippen molar-refractivity contribution in [1.82, 2.24) is 10.3 Å². The third-order valence-corrected chi connectivity index (χ3v) is 1.56. The van der Waals surface area contributed by atoms with E-state index in [1.54, 1.807) is 0 Å². The summed E-state index contributed by atoms with van der Waals surface area (Å²) in [7, 11) is 0. The summed E-state index contributed by atoms with van der Waals surface area (Å²) >= 11 is 5.41. The van der Waals surface area contributed by atoms with E-state index < -0.39 is 12.2 Å². The molecule has 7 heteroatoms. The molecule has 1 amide bonds. The molecule has 3 nitrogen and oxygen atoms in total. The number of rotatable bonds is 1. The largest absolute Gasteiger partial charge is 0.484 e. The molecule has 0 unspecified atom stereocenters. The van der Waals surface area contributed by atoms with Gasteiger partial charge in [-0.25, -0.2) is 4.98 Å². The van der Waals surface area contributed by atoms with Crippen LogP contribution >= 0.6 is 11.6 Å². The van der Waals surface area contributed by atoms with E-state index in [1.807, 2.05) is 0 Å². The molecule has 0 aromatic carbocycles. The number of alkyl halides is 3. The molecule has 76 valence electrons. The Kier molecular flexibility index (Phi) is 2.95. The van der Waals surface area contributed by atoms with Crippen LogP contribution in [0.5, 0.6) is 0 Å². The van der Waals surface area contributed by atoms with Crippen LogP contribution in [0.25, 0.3) is 0 Å². The first kappa shape index (κ1) is 10.8. The van der Waals surface area contributed by atoms with Crippen molar-refractivity contribution >= 4 is 17.5 Å². The number of nitrogens with zero attached hydrogens (tertiary/aromatic N) is 1. The maximum absolute atomic E-state index is 11.7. The standard InChI is InChI=1S/C7H4ClF3N2O/c8-5-4(2-1-3-12-5)6(14)13-7(9,10)11/h1-3H,(H,13,14). The lowest BCUT2D eigenvalue weighted by Crippen LogP contribution is -2.37. The number of pyridine rings is 1. The Hall–Kier alpha value is -1.30. The Balaban J connectivity index is 2.86. The van der Waals surface area contributed by atoms with E-state index in [9.17, 15) is 18.0 Å². The molecule has 0 bridgehead atoms. The smallest absolute Gasteiger partial charge is 0.269 e. The minimum absolute atomic E-state index is 0.269. The summed E-state index contributed by atoms with van der Waals surface area (Å²) in [4.78, 5) is 14.4. The van der Waals surface area contributed by atoms with E-state index in [1.165, 1.54) is 12.3 Å². The molecule has 0 saturated carbocycles. The van der Waals surface area contributed by atoms with Crippen molar-refractivity contribution in [3.8, 4) is 0 Å². The zero-order chi connectivity index (χ0) is 10.8. The van der Waals surface area contributed by atoms with Gasteiger partial charge >= 0.3 is 6.30 Å². The van der Waals surface area contributed by atoms with E-state index in [4.69, 9.17) is 11.6 Å². The number of carbonyl (C=O) groups excluding carboxylic acids is 1. The van der Waals surface area contributed by atoms with Crippen molar-refractivity contribution in [3.63, 3.8) is 0 Å². The van der Waals surface area contributed by atoms with Gasteiger partial charge in [-0.15, -0.1) is 0 Å². The number of hydrogen-bond acceptors (Lipinski definition) is 2. The first-order valence-electron chi connectivity index (χ1n) is 3.40. The molecule has 1 aromatic heterocycles. The zero-order valence-electron chi connectivity index (χ0n) is 6.60. The van der Waals surface area contributed by atoms with Gasteiger partial charge in [0.15, 0.2) is 0 Å². The topological polar surface area (TPSA) is 42.0 Å². The Labute approximate surface area is 81.9 Å². The van der Waals surface area contributed by atoms with Gasteiger partial charge in [-0.1, -0.05) is 11.6 Å². The fourth-order valence-electron chi connectivity index (χ4n) is 0.751. The van der Waals surface area contributed by atoms with Gasteiger partial charge in [0.05, 0.1) is 5.56 Å². The van der Waals surface area contributed by atoms with E-state index in [0.29, 0.717) is 0 Å². The van der Waals surface area contributed by atoms with Crippen LogP contribution in [0.4, 0.5) is 13.2 Å². The van der Waals surface area contributed by atoms with Crippen LogP contribution in [-0.4, -0.2) is 17.2 Å². The SMILES string of the molecule is O=C(NC(F)(F)F)c1cccnc1Cl. The molecule has 1 rings (SSSR count). The van der Waals surface area contributed by atoms with Gasteiger partial charge in [0.1, 0.15) is 5.15 Å². The quantitative estimate of drug-likeness (QED) is 0.586. The highest BCUT2D eigenvalue weighted by atomic mass is 35.5. The third-order valence-electron chi connectivity index (χ3n) is 1.26. The summed E-state index contributed by atoms with van der Waals surface area (Å²) in [5, 5.41) is 0.544. The van der Waals surface area contributed by atoms with Crippen LogP contribution in [0.1, 0.15) is 10.4 Å². The molecular weight excluding hydrogens is 221 g/mol. The van der Waals surface area contributed by atoms with Gasteiger partial charge in [0.25, 0.3) is 5.91 Å². The zero-order valence-corrected chi connectivity index (χ0v) is 7.36. The summed E-state index contributed by atoms with van der Waals surface area (Å²) < 4.78 is 35.2. The van der Waals surface area contributed by atoms with Crippen molar-refractivity contribution in [2.75, 3.05) is 0 Å².